The molecule has 1 saturated heterocycles. The van der Waals surface area contributed by atoms with Gasteiger partial charge < -0.3 is 10.1 Å². The van der Waals surface area contributed by atoms with Crippen molar-refractivity contribution in [3.05, 3.63) is 52.4 Å². The van der Waals surface area contributed by atoms with E-state index in [9.17, 15) is 4.79 Å². The summed E-state index contributed by atoms with van der Waals surface area (Å²) in [6, 6.07) is 11.8. The molecule has 5 nitrogen and oxygen atoms in total. The van der Waals surface area contributed by atoms with Crippen LogP contribution in [0.3, 0.4) is 0 Å². The van der Waals surface area contributed by atoms with Gasteiger partial charge in [-0.3, -0.25) is 15.1 Å². The second kappa shape index (κ2) is 6.79. The lowest BCUT2D eigenvalue weighted by atomic mass is 9.85. The van der Waals surface area contributed by atoms with Crippen LogP contribution in [0.15, 0.2) is 41.8 Å². The highest BCUT2D eigenvalue weighted by Gasteiger charge is 2.38. The topological polar surface area (TPSA) is 65.4 Å². The molecule has 1 unspecified atom stereocenters. The number of benzene rings is 2. The summed E-state index contributed by atoms with van der Waals surface area (Å²) in [4.78, 5) is 13.7. The van der Waals surface area contributed by atoms with Crippen molar-refractivity contribution in [2.75, 3.05) is 14.2 Å². The van der Waals surface area contributed by atoms with Crippen LogP contribution in [0.5, 0.6) is 5.75 Å². The van der Waals surface area contributed by atoms with Gasteiger partial charge in [-0.05, 0) is 48.2 Å². The molecule has 7 heteroatoms. The molecule has 2 aromatic carbocycles. The highest BCUT2D eigenvalue weighted by atomic mass is 35.5. The summed E-state index contributed by atoms with van der Waals surface area (Å²) in [6.45, 7) is 1.96. The number of methoxy groups -OCH3 is 1. The van der Waals surface area contributed by atoms with E-state index in [4.69, 9.17) is 21.7 Å². The fraction of sp³-hybridized carbons (Fsp3) is 0.238. The molecule has 3 aromatic rings. The monoisotopic (exact) mass is 413 g/mol. The van der Waals surface area contributed by atoms with Crippen molar-refractivity contribution in [2.45, 2.75) is 18.9 Å². The zero-order valence-corrected chi connectivity index (χ0v) is 17.4. The van der Waals surface area contributed by atoms with Gasteiger partial charge in [-0.1, -0.05) is 17.7 Å². The van der Waals surface area contributed by atoms with Gasteiger partial charge in [0.2, 0.25) is 5.91 Å². The molecule has 0 radical (unpaired) electrons. The zero-order valence-electron chi connectivity index (χ0n) is 15.8. The second-order valence-corrected chi connectivity index (χ2v) is 8.46. The van der Waals surface area contributed by atoms with E-state index in [0.29, 0.717) is 5.02 Å². The Morgan fingerprint density at radius 1 is 1.25 bits per heavy atom. The number of nitrogens with zero attached hydrogens (tertiary/aromatic N) is 1. The molecule has 1 amide bonds. The summed E-state index contributed by atoms with van der Waals surface area (Å²) >= 11 is 8.12. The van der Waals surface area contributed by atoms with E-state index in [0.717, 1.165) is 32.5 Å². The maximum absolute atomic E-state index is 12.3. The lowest BCUT2D eigenvalue weighted by Gasteiger charge is -2.39. The van der Waals surface area contributed by atoms with E-state index in [2.05, 4.69) is 22.8 Å². The van der Waals surface area contributed by atoms with E-state index < -0.39 is 5.54 Å². The predicted molar refractivity (Wildman–Crippen MR) is 114 cm³/mol. The van der Waals surface area contributed by atoms with Gasteiger partial charge >= 0.3 is 0 Å². The van der Waals surface area contributed by atoms with E-state index >= 15 is 0 Å². The summed E-state index contributed by atoms with van der Waals surface area (Å²) in [5, 5.41) is 15.1. The maximum Gasteiger partial charge on any atom is 0.231 e. The van der Waals surface area contributed by atoms with Crippen LogP contribution in [0.1, 0.15) is 18.9 Å². The fourth-order valence-corrected chi connectivity index (χ4v) is 4.69. The number of nitrogens with one attached hydrogen (secondary N) is 2. The maximum atomic E-state index is 12.3. The van der Waals surface area contributed by atoms with Gasteiger partial charge in [0.15, 0.2) is 5.96 Å². The van der Waals surface area contributed by atoms with Crippen LogP contribution in [0, 0.1) is 5.41 Å². The number of hydrogen-bond acceptors (Lipinski definition) is 4. The Hall–Kier alpha value is -2.57. The number of amides is 1. The summed E-state index contributed by atoms with van der Waals surface area (Å²) in [5.74, 6) is 0.783. The standard InChI is InChI=1S/C21H20ClN3O2S/c1-21(10-19(26)25(2)20(23)24-21)12-4-7-18-15(8-12)16(11-28-18)14-9-13(27-3)5-6-17(14)22/h4-9,11H,10H2,1-3H3,(H2,23,24). The van der Waals surface area contributed by atoms with Crippen molar-refractivity contribution in [3.63, 3.8) is 0 Å². The van der Waals surface area contributed by atoms with Crippen LogP contribution in [-0.2, 0) is 10.3 Å². The quantitative estimate of drug-likeness (QED) is 0.646. The minimum absolute atomic E-state index is 0.0762. The average Bonchev–Trinajstić information content (AvgIpc) is 3.09. The van der Waals surface area contributed by atoms with E-state index in [-0.39, 0.29) is 18.3 Å². The van der Waals surface area contributed by atoms with Crippen LogP contribution in [0.4, 0.5) is 0 Å². The number of ether oxygens (including phenoxy) is 1. The highest BCUT2D eigenvalue weighted by Crippen LogP contribution is 2.41. The Bertz CT molecular complexity index is 1090. The normalized spacial score (nSPS) is 19.8. The lowest BCUT2D eigenvalue weighted by Crippen LogP contribution is -2.58. The molecule has 144 valence electrons. The van der Waals surface area contributed by atoms with Gasteiger partial charge in [0.05, 0.1) is 19.1 Å². The molecule has 0 saturated carbocycles. The van der Waals surface area contributed by atoms with Gasteiger partial charge in [0.1, 0.15) is 5.75 Å². The third kappa shape index (κ3) is 3.02. The summed E-state index contributed by atoms with van der Waals surface area (Å²) in [5.41, 5.74) is 2.27. The van der Waals surface area contributed by atoms with Gasteiger partial charge in [-0.2, -0.15) is 0 Å². The summed E-state index contributed by atoms with van der Waals surface area (Å²) in [7, 11) is 3.25. The molecule has 0 spiro atoms. The van der Waals surface area contributed by atoms with E-state index in [1.165, 1.54) is 4.90 Å². The molecule has 28 heavy (non-hydrogen) atoms. The number of carbonyl (C=O) groups is 1. The van der Waals surface area contributed by atoms with Crippen molar-refractivity contribution in [2.24, 2.45) is 0 Å². The van der Waals surface area contributed by atoms with Crippen LogP contribution in [-0.4, -0.2) is 30.9 Å². The molecule has 1 fully saturated rings. The lowest BCUT2D eigenvalue weighted by molar-refractivity contribution is -0.129. The molecule has 1 atom stereocenters. The first-order chi connectivity index (χ1) is 13.3. The second-order valence-electron chi connectivity index (χ2n) is 7.14. The highest BCUT2D eigenvalue weighted by molar-refractivity contribution is 7.17. The first kappa shape index (κ1) is 18.8. The van der Waals surface area contributed by atoms with Crippen molar-refractivity contribution >= 4 is 44.9 Å². The Labute approximate surface area is 172 Å². The van der Waals surface area contributed by atoms with Gasteiger partial charge in [-0.15, -0.1) is 11.3 Å². The van der Waals surface area contributed by atoms with Crippen LogP contribution >= 0.6 is 22.9 Å². The summed E-state index contributed by atoms with van der Waals surface area (Å²) in [6.07, 6.45) is 0.288. The third-order valence-electron chi connectivity index (χ3n) is 5.28. The number of fused-ring (bicyclic) bond motifs is 1. The first-order valence-electron chi connectivity index (χ1n) is 8.81. The number of guanidine groups is 1. The molecular formula is C21H20ClN3O2S. The Kier molecular flexibility index (Phi) is 4.56. The number of halogens is 1. The molecule has 1 aromatic heterocycles. The molecular weight excluding hydrogens is 394 g/mol. The van der Waals surface area contributed by atoms with Crippen LogP contribution in [0.2, 0.25) is 5.02 Å². The first-order valence-corrected chi connectivity index (χ1v) is 10.1. The molecule has 1 aliphatic heterocycles. The molecule has 2 N–H and O–H groups in total. The fourth-order valence-electron chi connectivity index (χ4n) is 3.53. The Morgan fingerprint density at radius 2 is 2.04 bits per heavy atom. The minimum atomic E-state index is -0.633. The average molecular weight is 414 g/mol. The van der Waals surface area contributed by atoms with Gasteiger partial charge in [0.25, 0.3) is 0 Å². The minimum Gasteiger partial charge on any atom is -0.497 e. The van der Waals surface area contributed by atoms with E-state index in [1.54, 1.807) is 25.5 Å². The van der Waals surface area contributed by atoms with Crippen molar-refractivity contribution in [3.8, 4) is 16.9 Å². The van der Waals surface area contributed by atoms with Crippen LogP contribution < -0.4 is 10.1 Å². The molecule has 1 aliphatic rings. The molecule has 0 bridgehead atoms. The molecule has 4 rings (SSSR count). The molecule has 2 heterocycles. The predicted octanol–water partition coefficient (Wildman–Crippen LogP) is 4.83. The number of thiophene rings is 1. The van der Waals surface area contributed by atoms with Crippen molar-refractivity contribution < 1.29 is 9.53 Å². The van der Waals surface area contributed by atoms with Crippen LogP contribution in [0.25, 0.3) is 21.2 Å². The number of hydrogen-bond donors (Lipinski definition) is 2. The number of rotatable bonds is 3. The third-order valence-corrected chi connectivity index (χ3v) is 6.58. The number of carbonyl (C=O) groups excluding carboxylic acids is 1. The largest absolute Gasteiger partial charge is 0.497 e. The Morgan fingerprint density at radius 3 is 2.75 bits per heavy atom. The van der Waals surface area contributed by atoms with Gasteiger partial charge in [-0.25, -0.2) is 0 Å². The smallest absolute Gasteiger partial charge is 0.231 e. The zero-order chi connectivity index (χ0) is 20.1. The van der Waals surface area contributed by atoms with Crippen molar-refractivity contribution in [1.82, 2.24) is 10.2 Å². The van der Waals surface area contributed by atoms with Crippen molar-refractivity contribution in [1.29, 1.82) is 5.41 Å². The molecule has 0 aliphatic carbocycles. The Balaban J connectivity index is 1.83. The van der Waals surface area contributed by atoms with Gasteiger partial charge in [0, 0.05) is 33.3 Å². The summed E-state index contributed by atoms with van der Waals surface area (Å²) < 4.78 is 6.49. The SMILES string of the molecule is COc1ccc(Cl)c(-c2csc3ccc(C4(C)CC(=O)N(C)C(=N)N4)cc23)c1. The van der Waals surface area contributed by atoms with E-state index in [1.807, 2.05) is 31.2 Å².